The van der Waals surface area contributed by atoms with E-state index in [1.807, 2.05) is 18.2 Å². The molecule has 33 heavy (non-hydrogen) atoms. The minimum Gasteiger partial charge on any atom is -0.496 e. The van der Waals surface area contributed by atoms with Crippen molar-refractivity contribution < 1.29 is 13.2 Å². The van der Waals surface area contributed by atoms with Gasteiger partial charge in [-0.05, 0) is 78.6 Å². The highest BCUT2D eigenvalue weighted by molar-refractivity contribution is 9.10. The van der Waals surface area contributed by atoms with Gasteiger partial charge in [0.1, 0.15) is 5.75 Å². The average Bonchev–Trinajstić information content (AvgIpc) is 3.30. The van der Waals surface area contributed by atoms with Crippen molar-refractivity contribution in [2.75, 3.05) is 17.1 Å². The summed E-state index contributed by atoms with van der Waals surface area (Å²) in [6, 6.07) is 18.5. The lowest BCUT2D eigenvalue weighted by molar-refractivity contribution is 0.381. The molecule has 0 radical (unpaired) electrons. The molecule has 2 aliphatic rings. The molecule has 1 aliphatic heterocycles. The fraction of sp³-hybridized carbons (Fsp3) is 0.200. The average molecular weight is 590 g/mol. The molecule has 3 atom stereocenters. The van der Waals surface area contributed by atoms with Crippen LogP contribution in [0.4, 0.5) is 11.4 Å². The van der Waals surface area contributed by atoms with Gasteiger partial charge in [-0.3, -0.25) is 4.72 Å². The summed E-state index contributed by atoms with van der Waals surface area (Å²) in [5, 5.41) is 3.66. The number of fused-ring (bicyclic) bond motifs is 3. The van der Waals surface area contributed by atoms with Crippen LogP contribution in [0, 0.1) is 5.92 Å². The second kappa shape index (κ2) is 8.81. The molecule has 0 fully saturated rings. The molecule has 0 bridgehead atoms. The molecule has 0 unspecified atom stereocenters. The number of allylic oxidation sites excluding steroid dienone is 2. The second-order valence-electron chi connectivity index (χ2n) is 8.22. The molecule has 3 aromatic rings. The third-order valence-corrected chi connectivity index (χ3v) is 8.67. The Hall–Kier alpha value is -2.29. The van der Waals surface area contributed by atoms with Gasteiger partial charge in [0.2, 0.25) is 0 Å². The lowest BCUT2D eigenvalue weighted by Crippen LogP contribution is -2.29. The number of benzene rings is 3. The van der Waals surface area contributed by atoms with E-state index in [-0.39, 0.29) is 22.8 Å². The molecule has 0 spiro atoms. The van der Waals surface area contributed by atoms with Crippen molar-refractivity contribution in [1.29, 1.82) is 0 Å². The van der Waals surface area contributed by atoms with E-state index in [1.165, 1.54) is 0 Å². The van der Waals surface area contributed by atoms with E-state index in [4.69, 9.17) is 4.74 Å². The first-order valence-electron chi connectivity index (χ1n) is 10.5. The summed E-state index contributed by atoms with van der Waals surface area (Å²) in [5.41, 5.74) is 3.55. The standard InChI is InChI=1S/C25H22Br2N2O3S/c1-32-24-12-7-16(27)13-22(24)25-20-4-2-3-19(20)21-14-18(10-11-23(21)28-25)33(30,31)29-17-8-5-15(26)6-9-17/h2-3,5-14,19-20,25,28-29H,4H2,1H3/t19-,20+,25-/m0/s1. The van der Waals surface area contributed by atoms with Gasteiger partial charge in [-0.15, -0.1) is 0 Å². The second-order valence-corrected chi connectivity index (χ2v) is 11.7. The molecular weight excluding hydrogens is 568 g/mol. The minimum absolute atomic E-state index is 0.0493. The Morgan fingerprint density at radius 2 is 1.73 bits per heavy atom. The van der Waals surface area contributed by atoms with E-state index < -0.39 is 10.0 Å². The van der Waals surface area contributed by atoms with Gasteiger partial charge in [-0.2, -0.15) is 0 Å². The molecule has 0 saturated carbocycles. The van der Waals surface area contributed by atoms with Gasteiger partial charge in [0.25, 0.3) is 10.0 Å². The van der Waals surface area contributed by atoms with Crippen LogP contribution in [-0.2, 0) is 10.0 Å². The van der Waals surface area contributed by atoms with Gasteiger partial charge in [-0.25, -0.2) is 8.42 Å². The minimum atomic E-state index is -3.71. The van der Waals surface area contributed by atoms with E-state index in [0.29, 0.717) is 5.69 Å². The van der Waals surface area contributed by atoms with Crippen molar-refractivity contribution in [3.05, 3.63) is 92.9 Å². The highest BCUT2D eigenvalue weighted by Crippen LogP contribution is 2.51. The van der Waals surface area contributed by atoms with E-state index in [2.05, 4.69) is 60.1 Å². The quantitative estimate of drug-likeness (QED) is 0.319. The Kier molecular flexibility index (Phi) is 6.01. The van der Waals surface area contributed by atoms with Crippen LogP contribution in [0.1, 0.15) is 29.5 Å². The Balaban J connectivity index is 1.50. The third kappa shape index (κ3) is 4.32. The maximum Gasteiger partial charge on any atom is 0.261 e. The van der Waals surface area contributed by atoms with Crippen molar-refractivity contribution in [3.8, 4) is 5.75 Å². The van der Waals surface area contributed by atoms with Gasteiger partial charge in [0.15, 0.2) is 0 Å². The molecule has 1 aliphatic carbocycles. The van der Waals surface area contributed by atoms with Crippen LogP contribution in [0.3, 0.4) is 0 Å². The number of nitrogens with one attached hydrogen (secondary N) is 2. The smallest absolute Gasteiger partial charge is 0.261 e. The van der Waals surface area contributed by atoms with E-state index in [0.717, 1.165) is 37.9 Å². The van der Waals surface area contributed by atoms with Crippen LogP contribution in [0.15, 0.2) is 86.7 Å². The molecule has 3 aromatic carbocycles. The van der Waals surface area contributed by atoms with Crippen LogP contribution in [0.2, 0.25) is 0 Å². The van der Waals surface area contributed by atoms with Gasteiger partial charge in [0.05, 0.1) is 18.0 Å². The summed E-state index contributed by atoms with van der Waals surface area (Å²) in [7, 11) is -2.03. The number of hydrogen-bond donors (Lipinski definition) is 2. The summed E-state index contributed by atoms with van der Waals surface area (Å²) in [4.78, 5) is 0.253. The number of ether oxygens (including phenoxy) is 1. The highest BCUT2D eigenvalue weighted by Gasteiger charge is 2.39. The Morgan fingerprint density at radius 3 is 2.48 bits per heavy atom. The lowest BCUT2D eigenvalue weighted by atomic mass is 9.77. The molecule has 170 valence electrons. The molecule has 0 saturated heterocycles. The predicted octanol–water partition coefficient (Wildman–Crippen LogP) is 6.85. The number of methoxy groups -OCH3 is 1. The van der Waals surface area contributed by atoms with E-state index in [1.54, 1.807) is 43.5 Å². The van der Waals surface area contributed by atoms with Crippen LogP contribution in [0.5, 0.6) is 5.75 Å². The van der Waals surface area contributed by atoms with Gasteiger partial charge < -0.3 is 10.1 Å². The Bertz CT molecular complexity index is 1340. The molecule has 0 aromatic heterocycles. The van der Waals surface area contributed by atoms with Gasteiger partial charge in [-0.1, -0.05) is 44.0 Å². The third-order valence-electron chi connectivity index (χ3n) is 6.27. The first kappa shape index (κ1) is 22.5. The van der Waals surface area contributed by atoms with Crippen molar-refractivity contribution in [2.24, 2.45) is 5.92 Å². The number of sulfonamides is 1. The van der Waals surface area contributed by atoms with Crippen LogP contribution >= 0.6 is 31.9 Å². The summed E-state index contributed by atoms with van der Waals surface area (Å²) >= 11 is 6.95. The predicted molar refractivity (Wildman–Crippen MR) is 138 cm³/mol. The largest absolute Gasteiger partial charge is 0.496 e. The van der Waals surface area contributed by atoms with Gasteiger partial charge >= 0.3 is 0 Å². The number of hydrogen-bond acceptors (Lipinski definition) is 4. The fourth-order valence-electron chi connectivity index (χ4n) is 4.73. The molecule has 5 rings (SSSR count). The molecule has 2 N–H and O–H groups in total. The highest BCUT2D eigenvalue weighted by atomic mass is 79.9. The summed E-state index contributed by atoms with van der Waals surface area (Å²) in [5.74, 6) is 1.22. The molecular formula is C25H22Br2N2O3S. The first-order valence-corrected chi connectivity index (χ1v) is 13.6. The lowest BCUT2D eigenvalue weighted by Gasteiger charge is -2.38. The zero-order valence-electron chi connectivity index (χ0n) is 17.8. The molecule has 0 amide bonds. The zero-order valence-corrected chi connectivity index (χ0v) is 21.7. The molecule has 1 heterocycles. The van der Waals surface area contributed by atoms with Crippen LogP contribution in [0.25, 0.3) is 0 Å². The normalized spacial score (nSPS) is 21.1. The molecule has 8 heteroatoms. The number of anilines is 2. The van der Waals surface area contributed by atoms with Gasteiger partial charge in [0, 0.05) is 31.8 Å². The maximum absolute atomic E-state index is 13.1. The monoisotopic (exact) mass is 588 g/mol. The van der Waals surface area contributed by atoms with Crippen LogP contribution in [-0.4, -0.2) is 15.5 Å². The fourth-order valence-corrected chi connectivity index (χ4v) is 6.46. The van der Waals surface area contributed by atoms with Crippen LogP contribution < -0.4 is 14.8 Å². The van der Waals surface area contributed by atoms with Crippen molar-refractivity contribution in [3.63, 3.8) is 0 Å². The maximum atomic E-state index is 13.1. The first-order chi connectivity index (χ1) is 15.9. The van der Waals surface area contributed by atoms with Crippen molar-refractivity contribution in [2.45, 2.75) is 23.3 Å². The Morgan fingerprint density at radius 1 is 0.970 bits per heavy atom. The number of rotatable bonds is 5. The number of halogens is 2. The summed E-state index contributed by atoms with van der Waals surface area (Å²) < 4.78 is 36.4. The zero-order chi connectivity index (χ0) is 23.2. The van der Waals surface area contributed by atoms with E-state index in [9.17, 15) is 8.42 Å². The van der Waals surface area contributed by atoms with Crippen molar-refractivity contribution >= 4 is 53.3 Å². The molecule has 5 nitrogen and oxygen atoms in total. The Labute approximate surface area is 210 Å². The SMILES string of the molecule is COc1ccc(Br)cc1[C@H]1Nc2ccc(S(=O)(=O)Nc3ccc(Br)cc3)cc2[C@H]2C=CC[C@H]21. The topological polar surface area (TPSA) is 67.4 Å². The van der Waals surface area contributed by atoms with E-state index >= 15 is 0 Å². The summed E-state index contributed by atoms with van der Waals surface area (Å²) in [6.45, 7) is 0. The van der Waals surface area contributed by atoms with Crippen molar-refractivity contribution in [1.82, 2.24) is 0 Å². The summed E-state index contributed by atoms with van der Waals surface area (Å²) in [6.07, 6.45) is 5.29.